The predicted molar refractivity (Wildman–Crippen MR) is 106 cm³/mol. The molecule has 2 amide bonds. The zero-order valence-corrected chi connectivity index (χ0v) is 17.5. The van der Waals surface area contributed by atoms with Crippen LogP contribution in [0.2, 0.25) is 0 Å². The van der Waals surface area contributed by atoms with E-state index >= 15 is 0 Å². The molecule has 1 fully saturated rings. The SMILES string of the molecule is CCCCOCCOCCOCCCNC(=O)C(=O)NC1CCC(OC)CC1. The van der Waals surface area contributed by atoms with Crippen LogP contribution >= 0.6 is 0 Å². The van der Waals surface area contributed by atoms with Gasteiger partial charge in [0.1, 0.15) is 0 Å². The summed E-state index contributed by atoms with van der Waals surface area (Å²) in [6.45, 7) is 6.06. The molecule has 0 aliphatic heterocycles. The van der Waals surface area contributed by atoms with Gasteiger partial charge in [0, 0.05) is 32.9 Å². The lowest BCUT2D eigenvalue weighted by atomic mass is 9.93. The van der Waals surface area contributed by atoms with Crippen LogP contribution in [-0.2, 0) is 28.5 Å². The van der Waals surface area contributed by atoms with Crippen molar-refractivity contribution in [3.05, 3.63) is 0 Å². The molecule has 2 N–H and O–H groups in total. The molecule has 0 spiro atoms. The molecule has 0 aromatic carbocycles. The summed E-state index contributed by atoms with van der Waals surface area (Å²) in [6, 6.07) is 0.0602. The van der Waals surface area contributed by atoms with Crippen molar-refractivity contribution >= 4 is 11.8 Å². The summed E-state index contributed by atoms with van der Waals surface area (Å²) in [5.74, 6) is -1.14. The van der Waals surface area contributed by atoms with Gasteiger partial charge in [0.25, 0.3) is 0 Å². The predicted octanol–water partition coefficient (Wildman–Crippen LogP) is 1.42. The average Bonchev–Trinajstić information content (AvgIpc) is 2.71. The third kappa shape index (κ3) is 12.3. The molecule has 1 saturated carbocycles. The number of hydrogen-bond acceptors (Lipinski definition) is 6. The Balaban J connectivity index is 1.89. The zero-order valence-electron chi connectivity index (χ0n) is 17.5. The first-order chi connectivity index (χ1) is 13.7. The molecule has 1 aliphatic rings. The van der Waals surface area contributed by atoms with Crippen LogP contribution < -0.4 is 10.6 Å². The number of hydrogen-bond donors (Lipinski definition) is 2. The van der Waals surface area contributed by atoms with E-state index in [1.165, 1.54) is 0 Å². The second-order valence-electron chi connectivity index (χ2n) is 6.98. The van der Waals surface area contributed by atoms with E-state index in [4.69, 9.17) is 18.9 Å². The maximum atomic E-state index is 11.9. The number of carbonyl (C=O) groups is 2. The van der Waals surface area contributed by atoms with Crippen molar-refractivity contribution in [2.45, 2.75) is 64.0 Å². The number of methoxy groups -OCH3 is 1. The molecule has 8 heteroatoms. The molecule has 28 heavy (non-hydrogen) atoms. The molecule has 164 valence electrons. The monoisotopic (exact) mass is 402 g/mol. The van der Waals surface area contributed by atoms with Crippen LogP contribution in [0.3, 0.4) is 0 Å². The second kappa shape index (κ2) is 16.7. The summed E-state index contributed by atoms with van der Waals surface area (Å²) in [6.07, 6.45) is 6.65. The van der Waals surface area contributed by atoms with Gasteiger partial charge in [0.2, 0.25) is 0 Å². The van der Waals surface area contributed by atoms with Crippen LogP contribution in [0.1, 0.15) is 51.9 Å². The first kappa shape index (κ1) is 24.8. The lowest BCUT2D eigenvalue weighted by Gasteiger charge is -2.27. The van der Waals surface area contributed by atoms with Crippen LogP contribution in [0, 0.1) is 0 Å². The van der Waals surface area contributed by atoms with E-state index in [2.05, 4.69) is 17.6 Å². The minimum absolute atomic E-state index is 0.0602. The summed E-state index contributed by atoms with van der Waals surface area (Å²) < 4.78 is 21.5. The third-order valence-corrected chi connectivity index (χ3v) is 4.69. The molecule has 0 unspecified atom stereocenters. The second-order valence-corrected chi connectivity index (χ2v) is 6.98. The van der Waals surface area contributed by atoms with Gasteiger partial charge in [-0.15, -0.1) is 0 Å². The molecule has 0 aromatic heterocycles. The first-order valence-corrected chi connectivity index (χ1v) is 10.5. The van der Waals surface area contributed by atoms with Gasteiger partial charge < -0.3 is 29.6 Å². The fraction of sp³-hybridized carbons (Fsp3) is 0.900. The molecule has 0 aromatic rings. The van der Waals surface area contributed by atoms with E-state index in [0.717, 1.165) is 45.1 Å². The Morgan fingerprint density at radius 2 is 1.39 bits per heavy atom. The van der Waals surface area contributed by atoms with Crippen molar-refractivity contribution in [2.24, 2.45) is 0 Å². The van der Waals surface area contributed by atoms with Gasteiger partial charge in [-0.2, -0.15) is 0 Å². The quantitative estimate of drug-likeness (QED) is 0.318. The van der Waals surface area contributed by atoms with E-state index in [0.29, 0.717) is 46.0 Å². The lowest BCUT2D eigenvalue weighted by Crippen LogP contribution is -2.46. The van der Waals surface area contributed by atoms with Gasteiger partial charge >= 0.3 is 11.8 Å². The number of rotatable bonds is 15. The Morgan fingerprint density at radius 3 is 1.96 bits per heavy atom. The highest BCUT2D eigenvalue weighted by Crippen LogP contribution is 2.20. The van der Waals surface area contributed by atoms with Gasteiger partial charge in [-0.3, -0.25) is 9.59 Å². The van der Waals surface area contributed by atoms with E-state index in [9.17, 15) is 9.59 Å². The summed E-state index contributed by atoms with van der Waals surface area (Å²) in [7, 11) is 1.71. The third-order valence-electron chi connectivity index (χ3n) is 4.69. The maximum absolute atomic E-state index is 11.9. The number of ether oxygens (including phenoxy) is 4. The summed E-state index contributed by atoms with van der Waals surface area (Å²) >= 11 is 0. The smallest absolute Gasteiger partial charge is 0.309 e. The number of amides is 2. The summed E-state index contributed by atoms with van der Waals surface area (Å²) in [4.78, 5) is 23.7. The molecule has 0 bridgehead atoms. The Morgan fingerprint density at radius 1 is 0.821 bits per heavy atom. The molecule has 0 radical (unpaired) electrons. The van der Waals surface area contributed by atoms with Crippen molar-refractivity contribution in [3.8, 4) is 0 Å². The van der Waals surface area contributed by atoms with Gasteiger partial charge in [-0.05, 0) is 38.5 Å². The van der Waals surface area contributed by atoms with Crippen molar-refractivity contribution in [1.82, 2.24) is 10.6 Å². The number of unbranched alkanes of at least 4 members (excludes halogenated alkanes) is 1. The molecular formula is C20H38N2O6. The normalized spacial score (nSPS) is 19.4. The van der Waals surface area contributed by atoms with Gasteiger partial charge in [-0.1, -0.05) is 13.3 Å². The molecule has 0 saturated heterocycles. The molecular weight excluding hydrogens is 364 g/mol. The van der Waals surface area contributed by atoms with Crippen molar-refractivity contribution < 1.29 is 28.5 Å². The number of carbonyl (C=O) groups excluding carboxylic acids is 2. The standard InChI is InChI=1S/C20H38N2O6/c1-3-4-11-26-13-15-28-16-14-27-12-5-10-21-19(23)20(24)22-17-6-8-18(25-2)9-7-17/h17-18H,3-16H2,1-2H3,(H,21,23)(H,22,24). The van der Waals surface area contributed by atoms with Crippen molar-refractivity contribution in [3.63, 3.8) is 0 Å². The lowest BCUT2D eigenvalue weighted by molar-refractivity contribution is -0.139. The molecule has 1 aliphatic carbocycles. The van der Waals surface area contributed by atoms with Crippen LogP contribution in [-0.4, -0.2) is 77.3 Å². The van der Waals surface area contributed by atoms with Crippen LogP contribution in [0.4, 0.5) is 0 Å². The molecule has 0 atom stereocenters. The highest BCUT2D eigenvalue weighted by molar-refractivity contribution is 6.35. The minimum Gasteiger partial charge on any atom is -0.381 e. The summed E-state index contributed by atoms with van der Waals surface area (Å²) in [5, 5.41) is 5.42. The Bertz CT molecular complexity index is 414. The van der Waals surface area contributed by atoms with Gasteiger partial charge in [-0.25, -0.2) is 0 Å². The Labute approximate surface area is 169 Å². The summed E-state index contributed by atoms with van der Waals surface area (Å²) in [5.41, 5.74) is 0. The van der Waals surface area contributed by atoms with Crippen LogP contribution in [0.5, 0.6) is 0 Å². The van der Waals surface area contributed by atoms with Crippen LogP contribution in [0.15, 0.2) is 0 Å². The fourth-order valence-corrected chi connectivity index (χ4v) is 2.94. The largest absolute Gasteiger partial charge is 0.381 e. The Kier molecular flexibility index (Phi) is 14.8. The average molecular weight is 403 g/mol. The van der Waals surface area contributed by atoms with Crippen molar-refractivity contribution in [1.29, 1.82) is 0 Å². The fourth-order valence-electron chi connectivity index (χ4n) is 2.94. The topological polar surface area (TPSA) is 95.1 Å². The van der Waals surface area contributed by atoms with Crippen molar-refractivity contribution in [2.75, 3.05) is 53.3 Å². The molecule has 1 rings (SSSR count). The zero-order chi connectivity index (χ0) is 20.5. The molecule has 8 nitrogen and oxygen atoms in total. The number of nitrogens with one attached hydrogen (secondary N) is 2. The van der Waals surface area contributed by atoms with Gasteiger partial charge in [0.15, 0.2) is 0 Å². The highest BCUT2D eigenvalue weighted by atomic mass is 16.5. The van der Waals surface area contributed by atoms with E-state index < -0.39 is 11.8 Å². The molecule has 0 heterocycles. The first-order valence-electron chi connectivity index (χ1n) is 10.5. The highest BCUT2D eigenvalue weighted by Gasteiger charge is 2.24. The maximum Gasteiger partial charge on any atom is 0.309 e. The van der Waals surface area contributed by atoms with E-state index in [-0.39, 0.29) is 12.1 Å². The van der Waals surface area contributed by atoms with E-state index in [1.54, 1.807) is 7.11 Å². The van der Waals surface area contributed by atoms with Crippen LogP contribution in [0.25, 0.3) is 0 Å². The van der Waals surface area contributed by atoms with E-state index in [1.807, 2.05) is 0 Å². The minimum atomic E-state index is -0.583. The Hall–Kier alpha value is -1.22. The van der Waals surface area contributed by atoms with Gasteiger partial charge in [0.05, 0.1) is 32.5 Å².